The number of unbranched alkanes of at least 4 members (excludes halogenated alkanes) is 14. The number of carboxylic acids is 2. The standard InChI is InChI=1S/C22H48N.C5H6O2.C3H4O2/c1-5-7-9-11-13-15-17-19-21-23(3,4)22-20-18-16-14-12-10-8-6-2;6-5(7)4-2-1-3-4;1-2-3(4)5/h5-22H2,1-4H3;2H,1,3H2,(H,6,7);2H,1H2,(H,4,5)/q+1;;/p-1. The first kappa shape index (κ1) is 35.5. The van der Waals surface area contributed by atoms with Crippen LogP contribution in [0.1, 0.15) is 129 Å². The van der Waals surface area contributed by atoms with E-state index < -0.39 is 11.9 Å². The van der Waals surface area contributed by atoms with Gasteiger partial charge in [-0.15, -0.1) is 0 Å². The highest BCUT2D eigenvalue weighted by Crippen LogP contribution is 2.16. The largest absolute Gasteiger partial charge is 0.545 e. The zero-order chi connectivity index (χ0) is 26.8. The first-order chi connectivity index (χ1) is 16.7. The second-order valence-electron chi connectivity index (χ2n) is 10.4. The average Bonchev–Trinajstić information content (AvgIpc) is 2.76. The van der Waals surface area contributed by atoms with Crippen molar-refractivity contribution in [3.8, 4) is 0 Å². The third-order valence-electron chi connectivity index (χ3n) is 6.48. The first-order valence-corrected chi connectivity index (χ1v) is 14.3. The van der Waals surface area contributed by atoms with Crippen molar-refractivity contribution < 1.29 is 24.3 Å². The van der Waals surface area contributed by atoms with E-state index in [0.29, 0.717) is 5.57 Å². The minimum absolute atomic E-state index is 0.569. The van der Waals surface area contributed by atoms with Gasteiger partial charge in [0.2, 0.25) is 0 Å². The summed E-state index contributed by atoms with van der Waals surface area (Å²) in [5, 5.41) is 17.3. The number of nitrogens with zero attached hydrogens (tertiary/aromatic N) is 1. The fourth-order valence-corrected chi connectivity index (χ4v) is 3.94. The van der Waals surface area contributed by atoms with Gasteiger partial charge in [-0.1, -0.05) is 104 Å². The smallest absolute Gasteiger partial charge is 0.331 e. The summed E-state index contributed by atoms with van der Waals surface area (Å²) in [5.74, 6) is -1.99. The lowest BCUT2D eigenvalue weighted by Crippen LogP contribution is -2.41. The number of rotatable bonds is 20. The van der Waals surface area contributed by atoms with Crippen molar-refractivity contribution >= 4 is 11.9 Å². The summed E-state index contributed by atoms with van der Waals surface area (Å²) in [6.45, 7) is 10.3. The van der Waals surface area contributed by atoms with Gasteiger partial charge in [0.1, 0.15) is 0 Å². The summed E-state index contributed by atoms with van der Waals surface area (Å²) >= 11 is 0. The van der Waals surface area contributed by atoms with Crippen molar-refractivity contribution in [3.63, 3.8) is 0 Å². The van der Waals surface area contributed by atoms with Crippen molar-refractivity contribution in [2.45, 2.75) is 129 Å². The first-order valence-electron chi connectivity index (χ1n) is 14.3. The van der Waals surface area contributed by atoms with Crippen LogP contribution in [0.3, 0.4) is 0 Å². The maximum absolute atomic E-state index is 9.91. The molecule has 206 valence electrons. The lowest BCUT2D eigenvalue weighted by molar-refractivity contribution is -0.890. The summed E-state index contributed by atoms with van der Waals surface area (Å²) in [4.78, 5) is 19.1. The molecule has 0 aromatic rings. The van der Waals surface area contributed by atoms with E-state index in [1.807, 2.05) is 0 Å². The fraction of sp³-hybridized carbons (Fsp3) is 0.800. The van der Waals surface area contributed by atoms with Crippen LogP contribution in [0, 0.1) is 0 Å². The number of aliphatic carboxylic acids is 2. The number of hydrogen-bond donors (Lipinski definition) is 1. The Bertz CT molecular complexity index is 533. The highest BCUT2D eigenvalue weighted by atomic mass is 16.4. The molecule has 1 aliphatic rings. The summed E-state index contributed by atoms with van der Waals surface area (Å²) in [7, 11) is 4.87. The Hall–Kier alpha value is -1.62. The molecule has 0 saturated carbocycles. The molecule has 0 radical (unpaired) electrons. The lowest BCUT2D eigenvalue weighted by Gasteiger charge is -2.30. The van der Waals surface area contributed by atoms with E-state index in [1.165, 1.54) is 120 Å². The molecule has 1 aliphatic carbocycles. The number of carbonyl (C=O) groups is 2. The van der Waals surface area contributed by atoms with Crippen molar-refractivity contribution in [2.75, 3.05) is 27.2 Å². The van der Waals surface area contributed by atoms with Crippen LogP contribution in [0.15, 0.2) is 24.3 Å². The van der Waals surface area contributed by atoms with E-state index >= 15 is 0 Å². The van der Waals surface area contributed by atoms with E-state index in [4.69, 9.17) is 15.0 Å². The minimum atomic E-state index is -1.23. The topological polar surface area (TPSA) is 77.4 Å². The SMILES string of the molecule is C=CC(=O)[O-].CCCCCCCCCC[N+](C)(C)CCCCCCCCCC.O=C(O)C1=CCC1. The van der Waals surface area contributed by atoms with Crippen LogP contribution in [0.4, 0.5) is 0 Å². The molecule has 0 heterocycles. The molecule has 5 heteroatoms. The van der Waals surface area contributed by atoms with Crippen LogP contribution in [0.5, 0.6) is 0 Å². The van der Waals surface area contributed by atoms with Crippen molar-refractivity contribution in [1.29, 1.82) is 0 Å². The Labute approximate surface area is 217 Å². The molecule has 5 nitrogen and oxygen atoms in total. The molecule has 0 atom stereocenters. The quantitative estimate of drug-likeness (QED) is 0.111. The van der Waals surface area contributed by atoms with Crippen molar-refractivity contribution in [3.05, 3.63) is 24.3 Å². The van der Waals surface area contributed by atoms with E-state index in [-0.39, 0.29) is 0 Å². The molecular weight excluding hydrogens is 438 g/mol. The van der Waals surface area contributed by atoms with Crippen molar-refractivity contribution in [1.82, 2.24) is 0 Å². The Morgan fingerprint density at radius 2 is 1.14 bits per heavy atom. The molecule has 0 bridgehead atoms. The molecule has 0 saturated heterocycles. The molecule has 1 rings (SSSR count). The lowest BCUT2D eigenvalue weighted by atomic mass is 10.00. The number of hydrogen-bond acceptors (Lipinski definition) is 3. The van der Waals surface area contributed by atoms with Gasteiger partial charge in [0.15, 0.2) is 0 Å². The van der Waals surface area contributed by atoms with Gasteiger partial charge in [-0.25, -0.2) is 4.79 Å². The monoisotopic (exact) mass is 495 g/mol. The van der Waals surface area contributed by atoms with E-state index in [1.54, 1.807) is 6.08 Å². The number of carboxylic acid groups (broad SMARTS) is 2. The predicted octanol–water partition coefficient (Wildman–Crippen LogP) is 7.06. The van der Waals surface area contributed by atoms with Crippen LogP contribution in [-0.2, 0) is 9.59 Å². The number of allylic oxidation sites excluding steroid dienone is 1. The van der Waals surface area contributed by atoms with Crippen molar-refractivity contribution in [2.24, 2.45) is 0 Å². The summed E-state index contributed by atoms with van der Waals surface area (Å²) < 4.78 is 1.24. The Kier molecular flexibility index (Phi) is 25.9. The molecule has 0 amide bonds. The van der Waals surface area contributed by atoms with Crippen LogP contribution in [0.25, 0.3) is 0 Å². The minimum Gasteiger partial charge on any atom is -0.545 e. The van der Waals surface area contributed by atoms with E-state index in [0.717, 1.165) is 18.9 Å². The van der Waals surface area contributed by atoms with Crippen LogP contribution < -0.4 is 5.11 Å². The van der Waals surface area contributed by atoms with Gasteiger partial charge >= 0.3 is 5.97 Å². The van der Waals surface area contributed by atoms with Gasteiger partial charge in [-0.05, 0) is 44.6 Å². The van der Waals surface area contributed by atoms with E-state index in [2.05, 4.69) is 34.5 Å². The van der Waals surface area contributed by atoms with Gasteiger partial charge in [-0.3, -0.25) is 0 Å². The molecule has 1 N–H and O–H groups in total. The zero-order valence-electron chi connectivity index (χ0n) is 23.6. The predicted molar refractivity (Wildman–Crippen MR) is 147 cm³/mol. The maximum atomic E-state index is 9.91. The van der Waals surface area contributed by atoms with E-state index in [9.17, 15) is 4.79 Å². The molecule has 0 unspecified atom stereocenters. The second-order valence-corrected chi connectivity index (χ2v) is 10.4. The second kappa shape index (κ2) is 25.5. The molecular formula is C30H57NO4. The Morgan fingerprint density at radius 1 is 0.829 bits per heavy atom. The van der Waals surface area contributed by atoms with Gasteiger partial charge < -0.3 is 19.5 Å². The van der Waals surface area contributed by atoms with Gasteiger partial charge in [-0.2, -0.15) is 0 Å². The molecule has 35 heavy (non-hydrogen) atoms. The zero-order valence-corrected chi connectivity index (χ0v) is 23.6. The third kappa shape index (κ3) is 28.5. The molecule has 0 aromatic carbocycles. The number of carbonyl (C=O) groups excluding carboxylic acids is 1. The molecule has 0 aliphatic heterocycles. The van der Waals surface area contributed by atoms with Gasteiger partial charge in [0.25, 0.3) is 0 Å². The summed E-state index contributed by atoms with van der Waals surface area (Å²) in [6.07, 6.45) is 27.2. The van der Waals surface area contributed by atoms with Crippen LogP contribution in [0.2, 0.25) is 0 Å². The van der Waals surface area contributed by atoms with Gasteiger partial charge in [0, 0.05) is 5.57 Å². The summed E-state index contributed by atoms with van der Waals surface area (Å²) in [5.41, 5.74) is 0.569. The maximum Gasteiger partial charge on any atom is 0.331 e. The summed E-state index contributed by atoms with van der Waals surface area (Å²) in [6, 6.07) is 0. The van der Waals surface area contributed by atoms with Crippen LogP contribution in [-0.4, -0.2) is 48.7 Å². The normalized spacial score (nSPS) is 12.3. The molecule has 0 spiro atoms. The molecule has 0 aromatic heterocycles. The third-order valence-corrected chi connectivity index (χ3v) is 6.48. The Balaban J connectivity index is 0. The fourth-order valence-electron chi connectivity index (χ4n) is 3.94. The highest BCUT2D eigenvalue weighted by Gasteiger charge is 2.13. The molecule has 0 fully saturated rings. The average molecular weight is 496 g/mol. The van der Waals surface area contributed by atoms with Gasteiger partial charge in [0.05, 0.1) is 33.2 Å². The highest BCUT2D eigenvalue weighted by molar-refractivity contribution is 5.87. The number of quaternary nitrogens is 1. The Morgan fingerprint density at radius 3 is 1.34 bits per heavy atom. The van der Waals surface area contributed by atoms with Crippen LogP contribution >= 0.6 is 0 Å².